The molecule has 2 aliphatic rings. The van der Waals surface area contributed by atoms with Gasteiger partial charge in [0.1, 0.15) is 30.5 Å². The van der Waals surface area contributed by atoms with Gasteiger partial charge in [-0.2, -0.15) is 0 Å². The van der Waals surface area contributed by atoms with Gasteiger partial charge in [-0.25, -0.2) is 4.79 Å². The SMILES string of the molecule is C=C(Br)c1cn([C@@]2(C3O[C@H](CO)[C@@H](O)[C@@H]3O)C[C@H](O)[C@@H](CO)O2)c(=O)[nH]c1=O. The lowest BCUT2D eigenvalue weighted by Crippen LogP contribution is -2.56. The molecule has 0 aromatic carbocycles. The molecular formula is C16H21BrN2O9. The molecule has 2 fully saturated rings. The summed E-state index contributed by atoms with van der Waals surface area (Å²) in [5.41, 5.74) is -3.55. The van der Waals surface area contributed by atoms with Crippen LogP contribution in [0.25, 0.3) is 4.48 Å². The number of H-pyrrole nitrogens is 1. The van der Waals surface area contributed by atoms with E-state index in [1.54, 1.807) is 0 Å². The van der Waals surface area contributed by atoms with Crippen LogP contribution in [-0.2, 0) is 15.2 Å². The summed E-state index contributed by atoms with van der Waals surface area (Å²) >= 11 is 3.07. The van der Waals surface area contributed by atoms with E-state index in [1.807, 2.05) is 0 Å². The molecule has 3 heterocycles. The van der Waals surface area contributed by atoms with Gasteiger partial charge in [-0.3, -0.25) is 14.3 Å². The van der Waals surface area contributed by atoms with Crippen molar-refractivity contribution in [1.82, 2.24) is 9.55 Å². The summed E-state index contributed by atoms with van der Waals surface area (Å²) in [6, 6.07) is 0. The van der Waals surface area contributed by atoms with E-state index < -0.39 is 66.8 Å². The zero-order valence-electron chi connectivity index (χ0n) is 14.6. The Morgan fingerprint density at radius 2 is 1.89 bits per heavy atom. The van der Waals surface area contributed by atoms with Crippen LogP contribution in [0.3, 0.4) is 0 Å². The number of nitrogens with zero attached hydrogens (tertiary/aromatic N) is 1. The molecule has 0 bridgehead atoms. The van der Waals surface area contributed by atoms with Gasteiger partial charge >= 0.3 is 5.69 Å². The average molecular weight is 465 g/mol. The van der Waals surface area contributed by atoms with E-state index in [4.69, 9.17) is 9.47 Å². The lowest BCUT2D eigenvalue weighted by atomic mass is 9.94. The predicted molar refractivity (Wildman–Crippen MR) is 97.6 cm³/mol. The highest BCUT2D eigenvalue weighted by atomic mass is 79.9. The highest BCUT2D eigenvalue weighted by Crippen LogP contribution is 2.43. The average Bonchev–Trinajstić information content (AvgIpc) is 3.12. The van der Waals surface area contributed by atoms with Crippen molar-refractivity contribution in [2.45, 2.75) is 48.8 Å². The highest BCUT2D eigenvalue weighted by molar-refractivity contribution is 9.15. The van der Waals surface area contributed by atoms with E-state index in [1.165, 1.54) is 0 Å². The Balaban J connectivity index is 2.20. The van der Waals surface area contributed by atoms with Gasteiger partial charge in [0.05, 0.1) is 24.9 Å². The largest absolute Gasteiger partial charge is 0.394 e. The summed E-state index contributed by atoms with van der Waals surface area (Å²) in [5.74, 6) is 0. The van der Waals surface area contributed by atoms with Crippen molar-refractivity contribution in [1.29, 1.82) is 0 Å². The van der Waals surface area contributed by atoms with Crippen LogP contribution in [0.1, 0.15) is 12.0 Å². The topological polar surface area (TPSA) is 174 Å². The molecule has 0 amide bonds. The Hall–Kier alpha value is -1.38. The molecule has 28 heavy (non-hydrogen) atoms. The van der Waals surface area contributed by atoms with Crippen LogP contribution < -0.4 is 11.2 Å². The smallest absolute Gasteiger partial charge is 0.330 e. The Bertz CT molecular complexity index is 870. The van der Waals surface area contributed by atoms with Crippen LogP contribution in [0.15, 0.2) is 22.4 Å². The van der Waals surface area contributed by atoms with E-state index in [0.717, 1.165) is 10.8 Å². The molecule has 12 heteroatoms. The van der Waals surface area contributed by atoms with E-state index in [0.29, 0.717) is 0 Å². The van der Waals surface area contributed by atoms with Crippen molar-refractivity contribution in [3.63, 3.8) is 0 Å². The normalized spacial score (nSPS) is 38.1. The molecule has 0 saturated carbocycles. The predicted octanol–water partition coefficient (Wildman–Crippen LogP) is -2.82. The van der Waals surface area contributed by atoms with Crippen LogP contribution in [0, 0.1) is 0 Å². The van der Waals surface area contributed by atoms with E-state index >= 15 is 0 Å². The third-order valence-electron chi connectivity index (χ3n) is 5.10. The van der Waals surface area contributed by atoms with Gasteiger partial charge in [0, 0.05) is 17.1 Å². The first-order valence-electron chi connectivity index (χ1n) is 8.46. The molecule has 0 radical (unpaired) electrons. The second-order valence-corrected chi connectivity index (χ2v) is 7.75. The molecule has 11 nitrogen and oxygen atoms in total. The fraction of sp³-hybridized carbons (Fsp3) is 0.625. The maximum absolute atomic E-state index is 12.6. The second kappa shape index (κ2) is 7.80. The molecule has 1 unspecified atom stereocenters. The van der Waals surface area contributed by atoms with Crippen LogP contribution >= 0.6 is 15.9 Å². The second-order valence-electron chi connectivity index (χ2n) is 6.79. The van der Waals surface area contributed by atoms with Gasteiger partial charge in [0.2, 0.25) is 0 Å². The Kier molecular flexibility index (Phi) is 5.94. The standard InChI is InChI=1S/C16H21BrN2O9/c1-6(17)7-3-19(15(26)18-14(7)25)16(2-8(22)9(4-20)28-16)13-12(24)11(23)10(5-21)27-13/h3,8-13,20-24H,1-2,4-5H2,(H,18,25,26)/t8-,9+,10+,11+,12-,13?,16-/m0/s1. The number of aliphatic hydroxyl groups is 5. The lowest BCUT2D eigenvalue weighted by Gasteiger charge is -2.37. The summed E-state index contributed by atoms with van der Waals surface area (Å²) in [6.07, 6.45) is -7.15. The molecule has 7 atom stereocenters. The molecular weight excluding hydrogens is 444 g/mol. The number of nitrogens with one attached hydrogen (secondary N) is 1. The fourth-order valence-electron chi connectivity index (χ4n) is 3.67. The van der Waals surface area contributed by atoms with Gasteiger partial charge < -0.3 is 35.0 Å². The summed E-state index contributed by atoms with van der Waals surface area (Å²) < 4.78 is 12.4. The minimum Gasteiger partial charge on any atom is -0.394 e. The first kappa shape index (κ1) is 21.3. The Morgan fingerprint density at radius 3 is 2.39 bits per heavy atom. The molecule has 0 spiro atoms. The number of aromatic amines is 1. The number of rotatable bonds is 5. The number of aromatic nitrogens is 2. The molecule has 6 N–H and O–H groups in total. The van der Waals surface area contributed by atoms with E-state index in [-0.39, 0.29) is 16.5 Å². The molecule has 2 aliphatic heterocycles. The lowest BCUT2D eigenvalue weighted by molar-refractivity contribution is -0.208. The Labute approximate surface area is 166 Å². The van der Waals surface area contributed by atoms with E-state index in [9.17, 15) is 35.1 Å². The van der Waals surface area contributed by atoms with Gasteiger partial charge in [-0.1, -0.05) is 22.5 Å². The van der Waals surface area contributed by atoms with Crippen molar-refractivity contribution in [3.05, 3.63) is 39.2 Å². The van der Waals surface area contributed by atoms with Crippen molar-refractivity contribution in [2.75, 3.05) is 13.2 Å². The highest BCUT2D eigenvalue weighted by Gasteiger charge is 2.60. The monoisotopic (exact) mass is 464 g/mol. The maximum Gasteiger partial charge on any atom is 0.330 e. The van der Waals surface area contributed by atoms with Crippen LogP contribution in [0.5, 0.6) is 0 Å². The Morgan fingerprint density at radius 1 is 1.25 bits per heavy atom. The summed E-state index contributed by atoms with van der Waals surface area (Å²) in [4.78, 5) is 26.7. The maximum atomic E-state index is 12.6. The zero-order chi connectivity index (χ0) is 20.8. The zero-order valence-corrected chi connectivity index (χ0v) is 16.2. The fourth-order valence-corrected chi connectivity index (χ4v) is 3.95. The summed E-state index contributed by atoms with van der Waals surface area (Å²) in [7, 11) is 0. The number of hydrogen-bond donors (Lipinski definition) is 6. The van der Waals surface area contributed by atoms with Gasteiger partial charge in [-0.15, -0.1) is 0 Å². The van der Waals surface area contributed by atoms with Crippen LogP contribution in [0.2, 0.25) is 0 Å². The quantitative estimate of drug-likeness (QED) is 0.268. The van der Waals surface area contributed by atoms with Crippen molar-refractivity contribution in [3.8, 4) is 0 Å². The van der Waals surface area contributed by atoms with Crippen LogP contribution in [-0.4, -0.2) is 84.9 Å². The molecule has 2 saturated heterocycles. The minimum atomic E-state index is -1.88. The van der Waals surface area contributed by atoms with Crippen molar-refractivity contribution < 1.29 is 35.0 Å². The summed E-state index contributed by atoms with van der Waals surface area (Å²) in [5, 5.41) is 49.8. The first-order chi connectivity index (χ1) is 13.2. The number of ether oxygens (including phenoxy) is 2. The van der Waals surface area contributed by atoms with Crippen molar-refractivity contribution in [2.24, 2.45) is 0 Å². The molecule has 3 rings (SSSR count). The van der Waals surface area contributed by atoms with Gasteiger partial charge in [0.25, 0.3) is 5.56 Å². The van der Waals surface area contributed by atoms with E-state index in [2.05, 4.69) is 27.5 Å². The molecule has 1 aromatic rings. The number of aliphatic hydroxyl groups excluding tert-OH is 5. The van der Waals surface area contributed by atoms with Crippen molar-refractivity contribution >= 4 is 20.4 Å². The first-order valence-corrected chi connectivity index (χ1v) is 9.26. The summed E-state index contributed by atoms with van der Waals surface area (Å²) in [6.45, 7) is 2.40. The molecule has 1 aromatic heterocycles. The third-order valence-corrected chi connectivity index (χ3v) is 5.52. The van der Waals surface area contributed by atoms with Gasteiger partial charge in [0.15, 0.2) is 5.72 Å². The van der Waals surface area contributed by atoms with Gasteiger partial charge in [-0.05, 0) is 0 Å². The molecule has 156 valence electrons. The molecule has 0 aliphatic carbocycles. The minimum absolute atomic E-state index is 0.0174. The number of hydrogen-bond acceptors (Lipinski definition) is 9. The number of halogens is 1. The third kappa shape index (κ3) is 3.29. The van der Waals surface area contributed by atoms with Crippen LogP contribution in [0.4, 0.5) is 0 Å².